The van der Waals surface area contributed by atoms with Gasteiger partial charge in [0.05, 0.1) is 19.5 Å². The summed E-state index contributed by atoms with van der Waals surface area (Å²) in [7, 11) is 0. The fraction of sp³-hybridized carbons (Fsp3) is 0.750. The molecule has 0 bridgehead atoms. The Labute approximate surface area is 65.9 Å². The van der Waals surface area contributed by atoms with Gasteiger partial charge < -0.3 is 14.2 Å². The lowest BCUT2D eigenvalue weighted by Gasteiger charge is -2.30. The van der Waals surface area contributed by atoms with Crippen LogP contribution in [0.4, 0.5) is 0 Å². The van der Waals surface area contributed by atoms with Crippen LogP contribution in [-0.2, 0) is 14.2 Å². The standard InChI is InChI=1S/C8H12O3/c1-7-2-3-9-8(6-7)10-4-5-11-8/h2-3,7H,4-6H2,1H3. The van der Waals surface area contributed by atoms with Crippen LogP contribution >= 0.6 is 0 Å². The van der Waals surface area contributed by atoms with Crippen LogP contribution in [0.15, 0.2) is 12.3 Å². The van der Waals surface area contributed by atoms with Gasteiger partial charge in [-0.3, -0.25) is 0 Å². The average Bonchev–Trinajstić information content (AvgIpc) is 2.37. The SMILES string of the molecule is CC1C=COC2(C1)OCCO2. The molecule has 1 saturated heterocycles. The van der Waals surface area contributed by atoms with E-state index in [1.807, 2.05) is 6.08 Å². The second kappa shape index (κ2) is 2.50. The number of hydrogen-bond donors (Lipinski definition) is 0. The van der Waals surface area contributed by atoms with Crippen LogP contribution in [0.2, 0.25) is 0 Å². The van der Waals surface area contributed by atoms with Crippen LogP contribution in [-0.4, -0.2) is 19.2 Å². The summed E-state index contributed by atoms with van der Waals surface area (Å²) in [5.74, 6) is -0.268. The fourth-order valence-corrected chi connectivity index (χ4v) is 1.41. The van der Waals surface area contributed by atoms with Crippen LogP contribution in [0.25, 0.3) is 0 Å². The predicted molar refractivity (Wildman–Crippen MR) is 38.6 cm³/mol. The van der Waals surface area contributed by atoms with Gasteiger partial charge in [-0.1, -0.05) is 6.92 Å². The van der Waals surface area contributed by atoms with E-state index < -0.39 is 5.97 Å². The van der Waals surface area contributed by atoms with Crippen LogP contribution in [0, 0.1) is 5.92 Å². The van der Waals surface area contributed by atoms with E-state index in [-0.39, 0.29) is 0 Å². The first-order valence-electron chi connectivity index (χ1n) is 3.93. The van der Waals surface area contributed by atoms with Crippen molar-refractivity contribution >= 4 is 0 Å². The molecule has 1 spiro atoms. The highest BCUT2D eigenvalue weighted by atomic mass is 16.9. The van der Waals surface area contributed by atoms with Gasteiger partial charge in [0.15, 0.2) is 0 Å². The molecule has 0 aliphatic carbocycles. The monoisotopic (exact) mass is 156 g/mol. The molecule has 0 aromatic rings. The van der Waals surface area contributed by atoms with Crippen molar-refractivity contribution < 1.29 is 14.2 Å². The number of allylic oxidation sites excluding steroid dienone is 1. The number of ether oxygens (including phenoxy) is 3. The normalized spacial score (nSPS) is 34.1. The van der Waals surface area contributed by atoms with Gasteiger partial charge in [0.2, 0.25) is 0 Å². The Morgan fingerprint density at radius 2 is 2.09 bits per heavy atom. The second-order valence-electron chi connectivity index (χ2n) is 3.01. The Balaban J connectivity index is 2.09. The Hall–Kier alpha value is -0.540. The summed E-state index contributed by atoms with van der Waals surface area (Å²) in [6, 6.07) is 0. The van der Waals surface area contributed by atoms with E-state index in [1.165, 1.54) is 0 Å². The molecule has 0 aromatic carbocycles. The minimum Gasteiger partial charge on any atom is -0.447 e. The van der Waals surface area contributed by atoms with Gasteiger partial charge in [-0.15, -0.1) is 0 Å². The van der Waals surface area contributed by atoms with Crippen molar-refractivity contribution in [1.29, 1.82) is 0 Å². The molecule has 1 unspecified atom stereocenters. The molecule has 2 rings (SSSR count). The summed E-state index contributed by atoms with van der Waals surface area (Å²) in [6.45, 7) is 3.40. The Bertz CT molecular complexity index is 170. The first-order chi connectivity index (χ1) is 5.31. The summed E-state index contributed by atoms with van der Waals surface area (Å²) in [5, 5.41) is 0. The molecule has 1 atom stereocenters. The van der Waals surface area contributed by atoms with Crippen molar-refractivity contribution in [2.75, 3.05) is 13.2 Å². The van der Waals surface area contributed by atoms with Crippen molar-refractivity contribution in [1.82, 2.24) is 0 Å². The molecule has 11 heavy (non-hydrogen) atoms. The molecule has 0 N–H and O–H groups in total. The molecule has 0 radical (unpaired) electrons. The maximum absolute atomic E-state index is 5.36. The van der Waals surface area contributed by atoms with Gasteiger partial charge in [-0.2, -0.15) is 0 Å². The van der Waals surface area contributed by atoms with Crippen molar-refractivity contribution in [3.8, 4) is 0 Å². The van der Waals surface area contributed by atoms with Crippen LogP contribution in [0.3, 0.4) is 0 Å². The lowest BCUT2D eigenvalue weighted by molar-refractivity contribution is -0.318. The van der Waals surface area contributed by atoms with Crippen LogP contribution in [0.5, 0.6) is 0 Å². The number of rotatable bonds is 0. The lowest BCUT2D eigenvalue weighted by Crippen LogP contribution is -2.35. The van der Waals surface area contributed by atoms with E-state index in [1.54, 1.807) is 6.26 Å². The van der Waals surface area contributed by atoms with Crippen LogP contribution in [0.1, 0.15) is 13.3 Å². The zero-order chi connectivity index (χ0) is 7.73. The molecule has 3 heteroatoms. The highest BCUT2D eigenvalue weighted by molar-refractivity contribution is 4.89. The fourth-order valence-electron chi connectivity index (χ4n) is 1.41. The molecule has 0 saturated carbocycles. The molecule has 2 aliphatic heterocycles. The molecular formula is C8H12O3. The van der Waals surface area contributed by atoms with E-state index in [0.29, 0.717) is 19.1 Å². The van der Waals surface area contributed by atoms with Gasteiger partial charge in [-0.05, 0) is 12.0 Å². The zero-order valence-corrected chi connectivity index (χ0v) is 6.58. The summed E-state index contributed by atoms with van der Waals surface area (Å²) >= 11 is 0. The lowest BCUT2D eigenvalue weighted by atomic mass is 10.1. The largest absolute Gasteiger partial charge is 0.447 e. The van der Waals surface area contributed by atoms with Crippen molar-refractivity contribution in [3.63, 3.8) is 0 Å². The van der Waals surface area contributed by atoms with Crippen molar-refractivity contribution in [2.45, 2.75) is 19.3 Å². The summed E-state index contributed by atoms with van der Waals surface area (Å²) < 4.78 is 16.0. The number of hydrogen-bond acceptors (Lipinski definition) is 3. The van der Waals surface area contributed by atoms with Gasteiger partial charge >= 0.3 is 5.97 Å². The first-order valence-corrected chi connectivity index (χ1v) is 3.93. The van der Waals surface area contributed by atoms with Gasteiger partial charge in [-0.25, -0.2) is 0 Å². The minimum absolute atomic E-state index is 0.474. The highest BCUT2D eigenvalue weighted by Crippen LogP contribution is 2.32. The van der Waals surface area contributed by atoms with Crippen molar-refractivity contribution in [2.24, 2.45) is 5.92 Å². The van der Waals surface area contributed by atoms with E-state index >= 15 is 0 Å². The Kier molecular flexibility index (Phi) is 1.62. The van der Waals surface area contributed by atoms with E-state index in [2.05, 4.69) is 6.92 Å². The molecule has 0 amide bonds. The predicted octanol–water partition coefficient (Wildman–Crippen LogP) is 1.26. The minimum atomic E-state index is -0.742. The third-order valence-corrected chi connectivity index (χ3v) is 1.95. The molecule has 3 nitrogen and oxygen atoms in total. The van der Waals surface area contributed by atoms with Crippen LogP contribution < -0.4 is 0 Å². The van der Waals surface area contributed by atoms with Gasteiger partial charge in [0.25, 0.3) is 0 Å². The van der Waals surface area contributed by atoms with Gasteiger partial charge in [0, 0.05) is 6.42 Å². The molecular weight excluding hydrogens is 144 g/mol. The maximum atomic E-state index is 5.36. The molecule has 2 aliphatic rings. The quantitative estimate of drug-likeness (QED) is 0.528. The third-order valence-electron chi connectivity index (χ3n) is 1.95. The van der Waals surface area contributed by atoms with E-state index in [9.17, 15) is 0 Å². The molecule has 62 valence electrons. The van der Waals surface area contributed by atoms with E-state index in [0.717, 1.165) is 6.42 Å². The molecule has 0 aromatic heterocycles. The van der Waals surface area contributed by atoms with Gasteiger partial charge in [0.1, 0.15) is 0 Å². The first kappa shape index (κ1) is 7.13. The van der Waals surface area contributed by atoms with E-state index in [4.69, 9.17) is 14.2 Å². The Morgan fingerprint density at radius 3 is 2.73 bits per heavy atom. The smallest absolute Gasteiger partial charge is 0.327 e. The summed E-state index contributed by atoms with van der Waals surface area (Å²) in [6.07, 6.45) is 4.47. The zero-order valence-electron chi connectivity index (χ0n) is 6.58. The topological polar surface area (TPSA) is 27.7 Å². The molecule has 2 heterocycles. The third kappa shape index (κ3) is 1.26. The van der Waals surface area contributed by atoms with Crippen molar-refractivity contribution in [3.05, 3.63) is 12.3 Å². The Morgan fingerprint density at radius 1 is 1.36 bits per heavy atom. The summed E-state index contributed by atoms with van der Waals surface area (Å²) in [5.41, 5.74) is 0. The maximum Gasteiger partial charge on any atom is 0.327 e. The average molecular weight is 156 g/mol. The second-order valence-corrected chi connectivity index (χ2v) is 3.01. The molecule has 1 fully saturated rings. The summed E-state index contributed by atoms with van der Waals surface area (Å²) in [4.78, 5) is 0. The highest BCUT2D eigenvalue weighted by Gasteiger charge is 2.41.